The number of guanidine groups is 1. The van der Waals surface area contributed by atoms with E-state index in [-0.39, 0.29) is 28.3 Å². The first kappa shape index (κ1) is 32.6. The zero-order valence-electron chi connectivity index (χ0n) is 24.7. The van der Waals surface area contributed by atoms with Crippen LogP contribution in [0.1, 0.15) is 6.42 Å². The van der Waals surface area contributed by atoms with Crippen molar-refractivity contribution in [1.82, 2.24) is 15.1 Å². The summed E-state index contributed by atoms with van der Waals surface area (Å²) in [5.74, 6) is 0.534. The van der Waals surface area contributed by atoms with E-state index in [2.05, 4.69) is 19.9 Å². The first-order valence-electron chi connectivity index (χ1n) is 14.1. The van der Waals surface area contributed by atoms with Crippen molar-refractivity contribution in [1.29, 1.82) is 5.26 Å². The largest absolute Gasteiger partial charge is 0.376 e. The van der Waals surface area contributed by atoms with Crippen molar-refractivity contribution in [2.45, 2.75) is 22.3 Å². The number of anilines is 2. The fraction of sp³-hybridized carbons (Fsp3) is 0.333. The van der Waals surface area contributed by atoms with Crippen LogP contribution in [0.4, 0.5) is 17.1 Å². The van der Waals surface area contributed by atoms with Gasteiger partial charge in [0.05, 0.1) is 9.82 Å². The summed E-state index contributed by atoms with van der Waals surface area (Å²) < 4.78 is 30.6. The first-order chi connectivity index (χ1) is 21.2. The van der Waals surface area contributed by atoms with Crippen molar-refractivity contribution in [2.24, 2.45) is 4.40 Å². The lowest BCUT2D eigenvalue weighted by Gasteiger charge is -2.36. The van der Waals surface area contributed by atoms with Gasteiger partial charge in [0.2, 0.25) is 5.96 Å². The van der Waals surface area contributed by atoms with Crippen LogP contribution in [0.15, 0.2) is 93.1 Å². The summed E-state index contributed by atoms with van der Waals surface area (Å²) in [4.78, 5) is 18.1. The molecule has 0 saturated carbocycles. The fourth-order valence-corrected chi connectivity index (χ4v) is 6.67. The standard InChI is InChI=1S/C30H36N8O4S2/c1-35(2)16-15-24(22-43-26-11-7-4-8-12-26)33-28-14-13-27(21-29(28)38(39)40)44(41,42)34-30(32-23-31)37-19-17-36(18-20-37)25-9-5-3-6-10-25/h3-14,21,24,33H,15-20,22H2,1-2H3,(H,32,34)/t24-/m1/s1. The van der Waals surface area contributed by atoms with Crippen molar-refractivity contribution < 1.29 is 13.3 Å². The number of nitrogens with zero attached hydrogens (tertiary/aromatic N) is 6. The molecular formula is C30H36N8O4S2. The molecule has 3 aromatic carbocycles. The van der Waals surface area contributed by atoms with E-state index in [0.717, 1.165) is 29.6 Å². The number of benzene rings is 3. The normalized spacial score (nSPS) is 14.6. The Labute approximate surface area is 262 Å². The highest BCUT2D eigenvalue weighted by Crippen LogP contribution is 2.31. The molecule has 232 valence electrons. The number of para-hydroxylation sites is 1. The number of hydrogen-bond donors (Lipinski definition) is 2. The molecule has 1 heterocycles. The third-order valence-electron chi connectivity index (χ3n) is 7.02. The molecule has 0 radical (unpaired) electrons. The Hall–Kier alpha value is -4.32. The topological polar surface area (TPSA) is 147 Å². The van der Waals surface area contributed by atoms with Crippen molar-refractivity contribution in [2.75, 3.05) is 62.8 Å². The average Bonchev–Trinajstić information content (AvgIpc) is 3.03. The summed E-state index contributed by atoms with van der Waals surface area (Å²) in [7, 11) is -0.468. The summed E-state index contributed by atoms with van der Waals surface area (Å²) in [5.41, 5.74) is 0.907. The Bertz CT molecular complexity index is 1570. The van der Waals surface area contributed by atoms with Gasteiger partial charge in [0.1, 0.15) is 5.69 Å². The zero-order valence-corrected chi connectivity index (χ0v) is 26.3. The summed E-state index contributed by atoms with van der Waals surface area (Å²) in [6, 6.07) is 23.3. The highest BCUT2D eigenvalue weighted by Gasteiger charge is 2.26. The van der Waals surface area contributed by atoms with E-state index in [1.807, 2.05) is 79.7 Å². The Morgan fingerprint density at radius 3 is 2.34 bits per heavy atom. The maximum absolute atomic E-state index is 13.4. The third kappa shape index (κ3) is 9.09. The van der Waals surface area contributed by atoms with Crippen LogP contribution in [0.3, 0.4) is 0 Å². The SMILES string of the molecule is CN(C)CC[C@H](CSc1ccccc1)Nc1ccc(S(=O)(=O)/N=C(/NC#N)N2CCN(c3ccccc3)CC2)cc1[N+](=O)[O-]. The number of nitrogens with one attached hydrogen (secondary N) is 2. The molecule has 44 heavy (non-hydrogen) atoms. The second kappa shape index (κ2) is 15.4. The molecule has 0 unspecified atom stereocenters. The van der Waals surface area contributed by atoms with Crippen molar-refractivity contribution in [3.8, 4) is 6.19 Å². The molecule has 3 aromatic rings. The number of nitriles is 1. The van der Waals surface area contributed by atoms with Crippen LogP contribution >= 0.6 is 11.8 Å². The molecular weight excluding hydrogens is 601 g/mol. The Morgan fingerprint density at radius 2 is 1.73 bits per heavy atom. The number of hydrogen-bond acceptors (Lipinski definition) is 9. The monoisotopic (exact) mass is 636 g/mol. The molecule has 1 aliphatic rings. The Kier molecular flexibility index (Phi) is 11.4. The van der Waals surface area contributed by atoms with Gasteiger partial charge >= 0.3 is 0 Å². The molecule has 2 N–H and O–H groups in total. The van der Waals surface area contributed by atoms with Crippen LogP contribution in [-0.4, -0.2) is 87.7 Å². The van der Waals surface area contributed by atoms with Crippen LogP contribution < -0.4 is 15.5 Å². The summed E-state index contributed by atoms with van der Waals surface area (Å²) in [5, 5.41) is 27.1. The smallest absolute Gasteiger partial charge is 0.293 e. The summed E-state index contributed by atoms with van der Waals surface area (Å²) in [6.45, 7) is 2.81. The van der Waals surface area contributed by atoms with Gasteiger partial charge < -0.3 is 20.0 Å². The zero-order chi connectivity index (χ0) is 31.5. The second-order valence-electron chi connectivity index (χ2n) is 10.4. The molecule has 0 aromatic heterocycles. The van der Waals surface area contributed by atoms with Gasteiger partial charge in [-0.25, -0.2) is 0 Å². The fourth-order valence-electron chi connectivity index (χ4n) is 4.68. The van der Waals surface area contributed by atoms with Crippen LogP contribution in [0.2, 0.25) is 0 Å². The minimum atomic E-state index is -4.39. The van der Waals surface area contributed by atoms with Crippen LogP contribution in [0.5, 0.6) is 0 Å². The predicted molar refractivity (Wildman–Crippen MR) is 174 cm³/mol. The Balaban J connectivity index is 1.53. The number of nitro benzene ring substituents is 1. The molecule has 0 spiro atoms. The van der Waals surface area contributed by atoms with Gasteiger partial charge in [-0.2, -0.15) is 13.7 Å². The molecule has 0 aliphatic carbocycles. The summed E-state index contributed by atoms with van der Waals surface area (Å²) in [6.07, 6.45) is 2.48. The highest BCUT2D eigenvalue weighted by atomic mass is 32.2. The molecule has 1 saturated heterocycles. The number of thioether (sulfide) groups is 1. The maximum Gasteiger partial charge on any atom is 0.293 e. The van der Waals surface area contributed by atoms with Crippen molar-refractivity contribution in [3.63, 3.8) is 0 Å². The van der Waals surface area contributed by atoms with Crippen LogP contribution in [0, 0.1) is 21.6 Å². The molecule has 1 fully saturated rings. The molecule has 1 atom stereocenters. The quantitative estimate of drug-likeness (QED) is 0.0564. The van der Waals surface area contributed by atoms with Crippen LogP contribution in [0.25, 0.3) is 0 Å². The molecule has 1 aliphatic heterocycles. The van der Waals surface area contributed by atoms with Gasteiger partial charge in [0.15, 0.2) is 6.19 Å². The predicted octanol–water partition coefficient (Wildman–Crippen LogP) is 4.06. The molecule has 12 nitrogen and oxygen atoms in total. The van der Waals surface area contributed by atoms with E-state index in [1.54, 1.807) is 22.9 Å². The lowest BCUT2D eigenvalue weighted by Crippen LogP contribution is -2.52. The average molecular weight is 637 g/mol. The molecule has 14 heteroatoms. The second-order valence-corrected chi connectivity index (χ2v) is 13.1. The van der Waals surface area contributed by atoms with E-state index < -0.39 is 14.9 Å². The Morgan fingerprint density at radius 1 is 1.07 bits per heavy atom. The molecule has 0 amide bonds. The van der Waals surface area contributed by atoms with E-state index in [0.29, 0.717) is 31.9 Å². The minimum Gasteiger partial charge on any atom is -0.376 e. The van der Waals surface area contributed by atoms with Gasteiger partial charge in [0.25, 0.3) is 15.7 Å². The van der Waals surface area contributed by atoms with Crippen molar-refractivity contribution in [3.05, 3.63) is 89.0 Å². The number of rotatable bonds is 12. The van der Waals surface area contributed by atoms with Gasteiger partial charge in [-0.05, 0) is 63.5 Å². The number of nitro groups is 1. The molecule has 4 rings (SSSR count). The summed E-state index contributed by atoms with van der Waals surface area (Å²) >= 11 is 1.64. The lowest BCUT2D eigenvalue weighted by molar-refractivity contribution is -0.384. The number of sulfonamides is 1. The highest BCUT2D eigenvalue weighted by molar-refractivity contribution is 7.99. The molecule has 0 bridgehead atoms. The first-order valence-corrected chi connectivity index (χ1v) is 16.5. The van der Waals surface area contributed by atoms with Gasteiger partial charge in [0, 0.05) is 54.6 Å². The number of piperazine rings is 1. The van der Waals surface area contributed by atoms with E-state index in [4.69, 9.17) is 0 Å². The van der Waals surface area contributed by atoms with E-state index in [1.165, 1.54) is 12.1 Å². The minimum absolute atomic E-state index is 0.119. The van der Waals surface area contributed by atoms with Crippen molar-refractivity contribution >= 4 is 44.8 Å². The lowest BCUT2D eigenvalue weighted by atomic mass is 10.2. The van der Waals surface area contributed by atoms with E-state index >= 15 is 0 Å². The van der Waals surface area contributed by atoms with Gasteiger partial charge in [-0.1, -0.05) is 36.4 Å². The van der Waals surface area contributed by atoms with Crippen LogP contribution in [-0.2, 0) is 10.0 Å². The van der Waals surface area contributed by atoms with Gasteiger partial charge in [-0.3, -0.25) is 15.4 Å². The third-order valence-corrected chi connectivity index (χ3v) is 9.45. The van der Waals surface area contributed by atoms with E-state index in [9.17, 15) is 23.8 Å². The maximum atomic E-state index is 13.4. The van der Waals surface area contributed by atoms with Gasteiger partial charge in [-0.15, -0.1) is 16.2 Å².